The van der Waals surface area contributed by atoms with Crippen molar-refractivity contribution in [3.05, 3.63) is 90.0 Å². The molecule has 0 radical (unpaired) electrons. The summed E-state index contributed by atoms with van der Waals surface area (Å²) in [6, 6.07) is 23.7. The molecule has 0 N–H and O–H groups in total. The highest BCUT2D eigenvalue weighted by Crippen LogP contribution is 2.27. The lowest BCUT2D eigenvalue weighted by molar-refractivity contribution is 0.0601. The van der Waals surface area contributed by atoms with Crippen molar-refractivity contribution in [1.29, 1.82) is 0 Å². The average molecular weight is 373 g/mol. The molecule has 0 saturated heterocycles. The van der Waals surface area contributed by atoms with Crippen LogP contribution in [0.1, 0.15) is 15.9 Å². The molecule has 3 rings (SSSR count). The molecule has 0 aliphatic carbocycles. The zero-order valence-corrected chi connectivity index (χ0v) is 15.6. The van der Waals surface area contributed by atoms with E-state index >= 15 is 0 Å². The van der Waals surface area contributed by atoms with Crippen LogP contribution in [-0.4, -0.2) is 26.0 Å². The van der Waals surface area contributed by atoms with Gasteiger partial charge in [-0.1, -0.05) is 42.5 Å². The molecule has 6 heteroatoms. The predicted octanol–water partition coefficient (Wildman–Crippen LogP) is 5.34. The van der Waals surface area contributed by atoms with E-state index in [2.05, 4.69) is 15.2 Å². The number of hydrogen-bond donors (Lipinski definition) is 0. The van der Waals surface area contributed by atoms with Crippen molar-refractivity contribution in [2.24, 2.45) is 15.2 Å². The van der Waals surface area contributed by atoms with Gasteiger partial charge in [-0.25, -0.2) is 9.79 Å². The van der Waals surface area contributed by atoms with E-state index in [9.17, 15) is 4.79 Å². The van der Waals surface area contributed by atoms with Crippen LogP contribution in [0.5, 0.6) is 5.75 Å². The fraction of sp³-hybridized carbons (Fsp3) is 0.0909. The summed E-state index contributed by atoms with van der Waals surface area (Å²) in [7, 11) is 2.93. The highest BCUT2D eigenvalue weighted by Gasteiger charge is 2.07. The van der Waals surface area contributed by atoms with E-state index in [1.807, 2.05) is 54.6 Å². The number of azo groups is 1. The molecule has 0 heterocycles. The van der Waals surface area contributed by atoms with E-state index in [1.165, 1.54) is 7.11 Å². The van der Waals surface area contributed by atoms with Gasteiger partial charge in [-0.2, -0.15) is 0 Å². The third-order valence-electron chi connectivity index (χ3n) is 3.89. The number of hydrogen-bond acceptors (Lipinski definition) is 5. The zero-order valence-electron chi connectivity index (χ0n) is 15.6. The van der Waals surface area contributed by atoms with Gasteiger partial charge in [-0.05, 0) is 36.4 Å². The maximum atomic E-state index is 11.6. The zero-order chi connectivity index (χ0) is 19.8. The highest BCUT2D eigenvalue weighted by molar-refractivity contribution is 6.01. The molecule has 0 atom stereocenters. The van der Waals surface area contributed by atoms with Gasteiger partial charge in [-0.15, -0.1) is 10.2 Å². The van der Waals surface area contributed by atoms with Gasteiger partial charge in [0.25, 0.3) is 0 Å². The van der Waals surface area contributed by atoms with Crippen LogP contribution in [0.25, 0.3) is 0 Å². The van der Waals surface area contributed by atoms with Gasteiger partial charge in [0.05, 0.1) is 25.5 Å². The Morgan fingerprint density at radius 2 is 1.46 bits per heavy atom. The molecule has 3 aromatic carbocycles. The Labute approximate surface area is 163 Å². The van der Waals surface area contributed by atoms with Crippen molar-refractivity contribution in [3.63, 3.8) is 0 Å². The number of benzene rings is 3. The van der Waals surface area contributed by atoms with Crippen molar-refractivity contribution in [2.45, 2.75) is 0 Å². The molecule has 140 valence electrons. The number of esters is 1. The van der Waals surface area contributed by atoms with E-state index < -0.39 is 5.97 Å². The number of para-hydroxylation sites is 1. The lowest BCUT2D eigenvalue weighted by Gasteiger charge is -2.04. The Bertz CT molecular complexity index is 997. The summed E-state index contributed by atoms with van der Waals surface area (Å²) in [4.78, 5) is 16.2. The second-order valence-electron chi connectivity index (χ2n) is 5.71. The highest BCUT2D eigenvalue weighted by atomic mass is 16.5. The fourth-order valence-electron chi connectivity index (χ4n) is 2.46. The summed E-state index contributed by atoms with van der Waals surface area (Å²) in [6.07, 6.45) is 0. The number of carbonyl (C=O) groups is 1. The first-order valence-corrected chi connectivity index (χ1v) is 8.58. The molecule has 28 heavy (non-hydrogen) atoms. The van der Waals surface area contributed by atoms with Crippen molar-refractivity contribution >= 4 is 23.2 Å². The fourth-order valence-corrected chi connectivity index (χ4v) is 2.46. The van der Waals surface area contributed by atoms with Crippen LogP contribution < -0.4 is 4.74 Å². The van der Waals surface area contributed by atoms with Crippen molar-refractivity contribution in [2.75, 3.05) is 14.2 Å². The van der Waals surface area contributed by atoms with Crippen molar-refractivity contribution < 1.29 is 14.3 Å². The molecule has 0 bridgehead atoms. The van der Waals surface area contributed by atoms with Crippen molar-refractivity contribution in [3.8, 4) is 5.75 Å². The molecule has 0 aliphatic rings. The molecule has 0 aliphatic heterocycles. The summed E-state index contributed by atoms with van der Waals surface area (Å²) in [5.41, 5.74) is 2.52. The van der Waals surface area contributed by atoms with Crippen LogP contribution in [0.3, 0.4) is 0 Å². The molecule has 0 unspecified atom stereocenters. The van der Waals surface area contributed by atoms with Gasteiger partial charge in [0.2, 0.25) is 0 Å². The minimum absolute atomic E-state index is 0.394. The van der Waals surface area contributed by atoms with Gasteiger partial charge in [-0.3, -0.25) is 0 Å². The Hall–Kier alpha value is -3.80. The Morgan fingerprint density at radius 3 is 2.14 bits per heavy atom. The van der Waals surface area contributed by atoms with Gasteiger partial charge in [0.15, 0.2) is 5.84 Å². The molecule has 0 spiro atoms. The number of nitrogens with zero attached hydrogens (tertiary/aromatic N) is 3. The van der Waals surface area contributed by atoms with Crippen LogP contribution in [0, 0.1) is 0 Å². The second kappa shape index (κ2) is 9.23. The van der Waals surface area contributed by atoms with Gasteiger partial charge < -0.3 is 9.47 Å². The number of aliphatic imine (C=N–C) groups is 1. The van der Waals surface area contributed by atoms with Gasteiger partial charge in [0, 0.05) is 5.56 Å². The van der Waals surface area contributed by atoms with E-state index in [0.29, 0.717) is 28.5 Å². The van der Waals surface area contributed by atoms with Gasteiger partial charge in [0.1, 0.15) is 11.4 Å². The second-order valence-corrected chi connectivity index (χ2v) is 5.71. The van der Waals surface area contributed by atoms with Crippen molar-refractivity contribution in [1.82, 2.24) is 0 Å². The monoisotopic (exact) mass is 373 g/mol. The molecule has 0 amide bonds. The van der Waals surface area contributed by atoms with Crippen LogP contribution in [0.2, 0.25) is 0 Å². The molecule has 6 nitrogen and oxygen atoms in total. The third kappa shape index (κ3) is 4.67. The molecular weight excluding hydrogens is 354 g/mol. The first-order chi connectivity index (χ1) is 13.7. The van der Waals surface area contributed by atoms with Crippen LogP contribution in [0.4, 0.5) is 11.4 Å². The molecule has 0 aromatic heterocycles. The van der Waals surface area contributed by atoms with E-state index in [1.54, 1.807) is 31.4 Å². The molecular formula is C22H19N3O3. The van der Waals surface area contributed by atoms with E-state index in [4.69, 9.17) is 9.47 Å². The quantitative estimate of drug-likeness (QED) is 0.262. The summed E-state index contributed by atoms with van der Waals surface area (Å²) in [5.74, 6) is 0.674. The summed E-state index contributed by atoms with van der Waals surface area (Å²) >= 11 is 0. The first-order valence-electron chi connectivity index (χ1n) is 8.58. The van der Waals surface area contributed by atoms with Crippen LogP contribution in [0.15, 0.2) is 94.1 Å². The third-order valence-corrected chi connectivity index (χ3v) is 3.89. The van der Waals surface area contributed by atoms with Crippen LogP contribution >= 0.6 is 0 Å². The molecule has 0 fully saturated rings. The normalized spacial score (nSPS) is 11.4. The summed E-state index contributed by atoms with van der Waals surface area (Å²) in [6.45, 7) is 0. The maximum Gasteiger partial charge on any atom is 0.337 e. The molecule has 0 saturated carbocycles. The minimum atomic E-state index is -0.394. The topological polar surface area (TPSA) is 72.6 Å². The Balaban J connectivity index is 1.97. The molecule has 3 aromatic rings. The first kappa shape index (κ1) is 19.0. The predicted molar refractivity (Wildman–Crippen MR) is 108 cm³/mol. The lowest BCUT2D eigenvalue weighted by Crippen LogP contribution is -2.00. The summed E-state index contributed by atoms with van der Waals surface area (Å²) in [5, 5.41) is 8.65. The summed E-state index contributed by atoms with van der Waals surface area (Å²) < 4.78 is 10.0. The number of carbonyl (C=O) groups excluding carboxylic acids is 1. The Kier molecular flexibility index (Phi) is 6.25. The smallest absolute Gasteiger partial charge is 0.337 e. The number of rotatable bonds is 5. The van der Waals surface area contributed by atoms with E-state index in [-0.39, 0.29) is 0 Å². The standard InChI is InChI=1S/C22H19N3O3/c1-27-20-11-7-6-10-19(20)24-25-21(16-8-4-3-5-9-16)23-18-14-12-17(13-15-18)22(26)28-2/h3-15H,1-2H3. The largest absolute Gasteiger partial charge is 0.494 e. The number of ether oxygens (including phenoxy) is 2. The number of methoxy groups -OCH3 is 2. The Morgan fingerprint density at radius 1 is 0.786 bits per heavy atom. The van der Waals surface area contributed by atoms with E-state index in [0.717, 1.165) is 5.56 Å². The minimum Gasteiger partial charge on any atom is -0.494 e. The number of amidine groups is 1. The van der Waals surface area contributed by atoms with Crippen LogP contribution in [-0.2, 0) is 4.74 Å². The lowest BCUT2D eigenvalue weighted by atomic mass is 10.2. The maximum absolute atomic E-state index is 11.6. The average Bonchev–Trinajstić information content (AvgIpc) is 2.77. The SMILES string of the molecule is COC(=O)c1ccc(N=C(N=Nc2ccccc2OC)c2ccccc2)cc1. The van der Waals surface area contributed by atoms with Gasteiger partial charge >= 0.3 is 5.97 Å².